The molecule has 1 saturated carbocycles. The molecule has 104 valence electrons. The normalized spacial score (nSPS) is 22.1. The Bertz CT molecular complexity index is 650. The van der Waals surface area contributed by atoms with Crippen LogP contribution in [-0.4, -0.2) is 20.4 Å². The van der Waals surface area contributed by atoms with Crippen LogP contribution < -0.4 is 5.32 Å². The Labute approximate surface area is 122 Å². The average molecular weight is 371 g/mol. The van der Waals surface area contributed by atoms with Crippen LogP contribution in [0.25, 0.3) is 0 Å². The molecular formula is C11H10BrClFNO3S. The van der Waals surface area contributed by atoms with Gasteiger partial charge in [-0.1, -0.05) is 6.92 Å². The number of benzene rings is 1. The molecule has 1 amide bonds. The van der Waals surface area contributed by atoms with Crippen molar-refractivity contribution in [2.75, 3.05) is 0 Å². The van der Waals surface area contributed by atoms with Crippen LogP contribution in [0.2, 0.25) is 0 Å². The number of rotatable bonds is 3. The third-order valence-corrected chi connectivity index (χ3v) is 5.40. The van der Waals surface area contributed by atoms with Crippen LogP contribution in [0.1, 0.15) is 23.7 Å². The molecule has 2 rings (SSSR count). The fourth-order valence-corrected chi connectivity index (χ4v) is 3.95. The van der Waals surface area contributed by atoms with E-state index in [9.17, 15) is 17.6 Å². The fraction of sp³-hybridized carbons (Fsp3) is 0.364. The number of carbonyl (C=O) groups is 1. The Hall–Kier alpha value is -0.660. The van der Waals surface area contributed by atoms with Crippen LogP contribution in [0.4, 0.5) is 4.39 Å². The topological polar surface area (TPSA) is 63.2 Å². The smallest absolute Gasteiger partial charge is 0.262 e. The molecule has 0 heterocycles. The molecule has 1 fully saturated rings. The van der Waals surface area contributed by atoms with E-state index in [1.807, 2.05) is 6.92 Å². The molecule has 0 aliphatic heterocycles. The molecule has 2 atom stereocenters. The van der Waals surface area contributed by atoms with E-state index in [2.05, 4.69) is 21.2 Å². The zero-order valence-electron chi connectivity index (χ0n) is 9.78. The summed E-state index contributed by atoms with van der Waals surface area (Å²) >= 11 is 2.99. The van der Waals surface area contributed by atoms with Crippen LogP contribution in [0.3, 0.4) is 0 Å². The average Bonchev–Trinajstić information content (AvgIpc) is 2.95. The molecule has 1 aliphatic rings. The van der Waals surface area contributed by atoms with E-state index in [1.54, 1.807) is 0 Å². The molecule has 1 aromatic rings. The lowest BCUT2D eigenvalue weighted by molar-refractivity contribution is 0.0948. The zero-order chi connectivity index (χ0) is 14.4. The second-order valence-electron chi connectivity index (χ2n) is 4.50. The second-order valence-corrected chi connectivity index (χ2v) is 7.82. The van der Waals surface area contributed by atoms with Crippen molar-refractivity contribution < 1.29 is 17.6 Å². The fourth-order valence-electron chi connectivity index (χ4n) is 1.68. The van der Waals surface area contributed by atoms with E-state index in [0.29, 0.717) is 5.92 Å². The molecule has 0 bridgehead atoms. The van der Waals surface area contributed by atoms with E-state index < -0.39 is 25.7 Å². The number of halogens is 3. The lowest BCUT2D eigenvalue weighted by Gasteiger charge is -2.09. The van der Waals surface area contributed by atoms with Crippen molar-refractivity contribution in [1.29, 1.82) is 0 Å². The van der Waals surface area contributed by atoms with Crippen molar-refractivity contribution in [1.82, 2.24) is 5.32 Å². The van der Waals surface area contributed by atoms with Gasteiger partial charge in [-0.3, -0.25) is 4.79 Å². The minimum atomic E-state index is -4.13. The molecule has 0 saturated heterocycles. The molecule has 1 aromatic carbocycles. The summed E-state index contributed by atoms with van der Waals surface area (Å²) in [6, 6.07) is 1.79. The van der Waals surface area contributed by atoms with Crippen molar-refractivity contribution in [3.05, 3.63) is 28.0 Å². The minimum Gasteiger partial charge on any atom is -0.349 e. The molecule has 2 unspecified atom stereocenters. The van der Waals surface area contributed by atoms with Gasteiger partial charge in [-0.2, -0.15) is 0 Å². The SMILES string of the molecule is CC1CC1NC(=O)c1cc(F)cc(S(=O)(=O)Cl)c1Br. The van der Waals surface area contributed by atoms with Gasteiger partial charge in [0.25, 0.3) is 15.0 Å². The van der Waals surface area contributed by atoms with E-state index >= 15 is 0 Å². The third-order valence-electron chi connectivity index (χ3n) is 2.94. The largest absolute Gasteiger partial charge is 0.349 e. The van der Waals surface area contributed by atoms with Gasteiger partial charge in [0.15, 0.2) is 0 Å². The van der Waals surface area contributed by atoms with Gasteiger partial charge in [0, 0.05) is 16.7 Å². The van der Waals surface area contributed by atoms with Gasteiger partial charge >= 0.3 is 0 Å². The quantitative estimate of drug-likeness (QED) is 0.832. The lowest BCUT2D eigenvalue weighted by atomic mass is 10.2. The molecule has 0 spiro atoms. The van der Waals surface area contributed by atoms with E-state index in [1.165, 1.54) is 0 Å². The van der Waals surface area contributed by atoms with Crippen molar-refractivity contribution in [2.45, 2.75) is 24.3 Å². The van der Waals surface area contributed by atoms with Crippen molar-refractivity contribution in [3.8, 4) is 0 Å². The third kappa shape index (κ3) is 3.27. The number of hydrogen-bond donors (Lipinski definition) is 1. The molecule has 1 aliphatic carbocycles. The Morgan fingerprint density at radius 1 is 1.53 bits per heavy atom. The summed E-state index contributed by atoms with van der Waals surface area (Å²) in [6.45, 7) is 1.97. The number of carbonyl (C=O) groups excluding carboxylic acids is 1. The summed E-state index contributed by atoms with van der Waals surface area (Å²) in [5.74, 6) is -0.980. The maximum Gasteiger partial charge on any atom is 0.262 e. The predicted octanol–water partition coefficient (Wildman–Crippen LogP) is 2.65. The second kappa shape index (κ2) is 5.03. The Balaban J connectivity index is 2.40. The highest BCUT2D eigenvalue weighted by Gasteiger charge is 2.34. The standard InChI is InChI=1S/C11H10BrClFNO3S/c1-5-2-8(5)15-11(16)7-3-6(14)4-9(10(7)12)19(13,17)18/h3-5,8H,2H2,1H3,(H,15,16). The van der Waals surface area contributed by atoms with Crippen molar-refractivity contribution in [2.24, 2.45) is 5.92 Å². The summed E-state index contributed by atoms with van der Waals surface area (Å²) in [5.41, 5.74) is -0.0849. The van der Waals surface area contributed by atoms with Gasteiger partial charge in [0.2, 0.25) is 0 Å². The van der Waals surface area contributed by atoms with Crippen LogP contribution in [0, 0.1) is 11.7 Å². The highest BCUT2D eigenvalue weighted by molar-refractivity contribution is 9.10. The van der Waals surface area contributed by atoms with Crippen LogP contribution in [0.5, 0.6) is 0 Å². The first-order valence-electron chi connectivity index (χ1n) is 5.44. The highest BCUT2D eigenvalue weighted by atomic mass is 79.9. The maximum atomic E-state index is 13.4. The Morgan fingerprint density at radius 3 is 2.58 bits per heavy atom. The molecule has 19 heavy (non-hydrogen) atoms. The van der Waals surface area contributed by atoms with Crippen molar-refractivity contribution >= 4 is 41.6 Å². The molecule has 0 aromatic heterocycles. The summed E-state index contributed by atoms with van der Waals surface area (Å²) < 4.78 is 36.0. The first-order valence-corrected chi connectivity index (χ1v) is 8.55. The van der Waals surface area contributed by atoms with Gasteiger partial charge in [0.1, 0.15) is 10.7 Å². The first-order chi connectivity index (χ1) is 8.70. The number of nitrogens with one attached hydrogen (secondary N) is 1. The molecule has 8 heteroatoms. The predicted molar refractivity (Wildman–Crippen MR) is 72.2 cm³/mol. The first kappa shape index (κ1) is 14.7. The van der Waals surface area contributed by atoms with Gasteiger partial charge < -0.3 is 5.32 Å². The van der Waals surface area contributed by atoms with Crippen molar-refractivity contribution in [3.63, 3.8) is 0 Å². The van der Waals surface area contributed by atoms with E-state index in [0.717, 1.165) is 18.6 Å². The monoisotopic (exact) mass is 369 g/mol. The zero-order valence-corrected chi connectivity index (χ0v) is 12.9. The van der Waals surface area contributed by atoms with E-state index in [4.69, 9.17) is 10.7 Å². The maximum absolute atomic E-state index is 13.4. The lowest BCUT2D eigenvalue weighted by Crippen LogP contribution is -2.27. The number of amides is 1. The highest BCUT2D eigenvalue weighted by Crippen LogP contribution is 2.32. The van der Waals surface area contributed by atoms with Gasteiger partial charge in [-0.25, -0.2) is 12.8 Å². The summed E-state index contributed by atoms with van der Waals surface area (Å²) in [4.78, 5) is 11.5. The van der Waals surface area contributed by atoms with Crippen LogP contribution >= 0.6 is 26.6 Å². The van der Waals surface area contributed by atoms with Gasteiger partial charge in [-0.15, -0.1) is 0 Å². The molecular weight excluding hydrogens is 361 g/mol. The van der Waals surface area contributed by atoms with Gasteiger partial charge in [0.05, 0.1) is 10.0 Å². The van der Waals surface area contributed by atoms with Crippen LogP contribution in [0.15, 0.2) is 21.5 Å². The number of hydrogen-bond acceptors (Lipinski definition) is 3. The van der Waals surface area contributed by atoms with E-state index in [-0.39, 0.29) is 16.1 Å². The summed E-state index contributed by atoms with van der Waals surface area (Å²) in [5, 5.41) is 2.69. The molecule has 1 N–H and O–H groups in total. The van der Waals surface area contributed by atoms with Gasteiger partial charge in [-0.05, 0) is 40.4 Å². The summed E-state index contributed by atoms with van der Waals surface area (Å²) in [7, 11) is 1.07. The minimum absolute atomic E-state index is 0.0327. The summed E-state index contributed by atoms with van der Waals surface area (Å²) in [6.07, 6.45) is 0.860. The van der Waals surface area contributed by atoms with Crippen LogP contribution in [-0.2, 0) is 9.05 Å². The Morgan fingerprint density at radius 2 is 2.11 bits per heavy atom. The molecule has 0 radical (unpaired) electrons. The Kier molecular flexibility index (Phi) is 3.90. The molecule has 4 nitrogen and oxygen atoms in total.